The second kappa shape index (κ2) is 7.39. The molecule has 0 aliphatic rings. The summed E-state index contributed by atoms with van der Waals surface area (Å²) in [6.45, 7) is 0.314. The molecular formula is C20H15F3N2O. The molecule has 3 nitrogen and oxygen atoms in total. The van der Waals surface area contributed by atoms with Crippen molar-refractivity contribution in [3.63, 3.8) is 0 Å². The number of amides is 1. The number of carbonyl (C=O) groups is 1. The highest BCUT2D eigenvalue weighted by molar-refractivity contribution is 6.00. The van der Waals surface area contributed by atoms with Crippen LogP contribution in [0, 0.1) is 0 Å². The minimum absolute atomic E-state index is 0.302. The first kappa shape index (κ1) is 17.7. The lowest BCUT2D eigenvalue weighted by Gasteiger charge is -2.12. The van der Waals surface area contributed by atoms with Crippen molar-refractivity contribution in [1.82, 2.24) is 10.3 Å². The summed E-state index contributed by atoms with van der Waals surface area (Å²) in [5.74, 6) is -0.302. The van der Waals surface area contributed by atoms with Crippen molar-refractivity contribution in [2.75, 3.05) is 0 Å². The van der Waals surface area contributed by atoms with E-state index in [2.05, 4.69) is 10.3 Å². The average molecular weight is 356 g/mol. The van der Waals surface area contributed by atoms with E-state index in [1.165, 1.54) is 12.1 Å². The average Bonchev–Trinajstić information content (AvgIpc) is 2.66. The zero-order valence-corrected chi connectivity index (χ0v) is 13.6. The summed E-state index contributed by atoms with van der Waals surface area (Å²) in [7, 11) is 0. The molecule has 0 radical (unpaired) electrons. The van der Waals surface area contributed by atoms with Crippen LogP contribution in [0.1, 0.15) is 21.5 Å². The molecular weight excluding hydrogens is 341 g/mol. The molecule has 6 heteroatoms. The summed E-state index contributed by atoms with van der Waals surface area (Å²) in [6, 6.07) is 15.2. The fraction of sp³-hybridized carbons (Fsp3) is 0.100. The molecule has 3 rings (SSSR count). The van der Waals surface area contributed by atoms with Gasteiger partial charge in [0.1, 0.15) is 0 Å². The Kier molecular flexibility index (Phi) is 5.02. The lowest BCUT2D eigenvalue weighted by atomic mass is 9.98. The number of alkyl halides is 3. The van der Waals surface area contributed by atoms with Crippen LogP contribution >= 0.6 is 0 Å². The molecule has 1 aromatic heterocycles. The lowest BCUT2D eigenvalue weighted by Crippen LogP contribution is -2.23. The number of pyridine rings is 1. The van der Waals surface area contributed by atoms with Gasteiger partial charge in [-0.3, -0.25) is 9.78 Å². The van der Waals surface area contributed by atoms with Gasteiger partial charge in [-0.05, 0) is 41.0 Å². The SMILES string of the molecule is O=C(NCc1cccnc1)c1ccccc1-c1ccc(C(F)(F)F)cc1. The van der Waals surface area contributed by atoms with Crippen molar-refractivity contribution in [3.8, 4) is 11.1 Å². The molecule has 26 heavy (non-hydrogen) atoms. The predicted octanol–water partition coefficient (Wildman–Crippen LogP) is 4.70. The van der Waals surface area contributed by atoms with Gasteiger partial charge >= 0.3 is 6.18 Å². The van der Waals surface area contributed by atoms with Gasteiger partial charge in [-0.25, -0.2) is 0 Å². The molecule has 0 saturated heterocycles. The van der Waals surface area contributed by atoms with Crippen LogP contribution in [0.2, 0.25) is 0 Å². The third-order valence-corrected chi connectivity index (χ3v) is 3.87. The third-order valence-electron chi connectivity index (χ3n) is 3.87. The molecule has 1 amide bonds. The minimum Gasteiger partial charge on any atom is -0.348 e. The van der Waals surface area contributed by atoms with E-state index in [4.69, 9.17) is 0 Å². The number of carbonyl (C=O) groups excluding carboxylic acids is 1. The maximum Gasteiger partial charge on any atom is 0.416 e. The highest BCUT2D eigenvalue weighted by atomic mass is 19.4. The molecule has 0 aliphatic carbocycles. The van der Waals surface area contributed by atoms with Crippen molar-refractivity contribution in [3.05, 3.63) is 89.7 Å². The van der Waals surface area contributed by atoms with Crippen LogP contribution in [0.3, 0.4) is 0 Å². The molecule has 0 unspecified atom stereocenters. The standard InChI is InChI=1S/C20H15F3N2O/c21-20(22,23)16-9-7-15(8-10-16)17-5-1-2-6-18(17)19(26)25-13-14-4-3-11-24-12-14/h1-12H,13H2,(H,25,26). The Hall–Kier alpha value is -3.15. The molecule has 3 aromatic rings. The van der Waals surface area contributed by atoms with E-state index in [1.54, 1.807) is 42.7 Å². The molecule has 0 saturated carbocycles. The number of halogens is 3. The van der Waals surface area contributed by atoms with Crippen LogP contribution in [0.25, 0.3) is 11.1 Å². The van der Waals surface area contributed by atoms with Crippen LogP contribution in [-0.2, 0) is 12.7 Å². The van der Waals surface area contributed by atoms with Gasteiger partial charge in [-0.2, -0.15) is 13.2 Å². The summed E-state index contributed by atoms with van der Waals surface area (Å²) in [5.41, 5.74) is 1.65. The summed E-state index contributed by atoms with van der Waals surface area (Å²) < 4.78 is 38.2. The molecule has 132 valence electrons. The Morgan fingerprint density at radius 3 is 2.35 bits per heavy atom. The highest BCUT2D eigenvalue weighted by Gasteiger charge is 2.30. The van der Waals surface area contributed by atoms with Crippen LogP contribution in [0.15, 0.2) is 73.1 Å². The van der Waals surface area contributed by atoms with E-state index in [0.29, 0.717) is 23.2 Å². The second-order valence-electron chi connectivity index (χ2n) is 5.66. The van der Waals surface area contributed by atoms with E-state index in [-0.39, 0.29) is 5.91 Å². The molecule has 1 heterocycles. The van der Waals surface area contributed by atoms with Crippen LogP contribution in [-0.4, -0.2) is 10.9 Å². The van der Waals surface area contributed by atoms with Crippen LogP contribution in [0.4, 0.5) is 13.2 Å². The Morgan fingerprint density at radius 1 is 0.962 bits per heavy atom. The zero-order valence-electron chi connectivity index (χ0n) is 13.6. The first-order valence-corrected chi connectivity index (χ1v) is 7.89. The van der Waals surface area contributed by atoms with Gasteiger partial charge in [0.25, 0.3) is 5.91 Å². The van der Waals surface area contributed by atoms with E-state index >= 15 is 0 Å². The summed E-state index contributed by atoms with van der Waals surface area (Å²) in [4.78, 5) is 16.5. The molecule has 2 aromatic carbocycles. The zero-order chi connectivity index (χ0) is 18.6. The maximum atomic E-state index is 12.7. The number of aromatic nitrogens is 1. The van der Waals surface area contributed by atoms with E-state index < -0.39 is 11.7 Å². The van der Waals surface area contributed by atoms with Crippen LogP contribution < -0.4 is 5.32 Å². The molecule has 0 spiro atoms. The molecule has 0 fully saturated rings. The second-order valence-corrected chi connectivity index (χ2v) is 5.66. The topological polar surface area (TPSA) is 42.0 Å². The van der Waals surface area contributed by atoms with Crippen molar-refractivity contribution >= 4 is 5.91 Å². The monoisotopic (exact) mass is 356 g/mol. The third kappa shape index (κ3) is 4.08. The molecule has 0 bridgehead atoms. The van der Waals surface area contributed by atoms with Gasteiger partial charge in [0.05, 0.1) is 5.56 Å². The first-order chi connectivity index (χ1) is 12.4. The molecule has 0 aliphatic heterocycles. The van der Waals surface area contributed by atoms with Gasteiger partial charge in [-0.1, -0.05) is 36.4 Å². The van der Waals surface area contributed by atoms with Gasteiger partial charge in [0.2, 0.25) is 0 Å². The Labute approximate surface area is 148 Å². The van der Waals surface area contributed by atoms with Gasteiger partial charge in [-0.15, -0.1) is 0 Å². The van der Waals surface area contributed by atoms with Gasteiger partial charge < -0.3 is 5.32 Å². The largest absolute Gasteiger partial charge is 0.416 e. The molecule has 0 atom stereocenters. The van der Waals surface area contributed by atoms with Gasteiger partial charge in [0, 0.05) is 24.5 Å². The molecule has 1 N–H and O–H groups in total. The van der Waals surface area contributed by atoms with Crippen molar-refractivity contribution in [2.24, 2.45) is 0 Å². The summed E-state index contributed by atoms with van der Waals surface area (Å²) in [5, 5.41) is 2.80. The first-order valence-electron chi connectivity index (χ1n) is 7.89. The number of rotatable bonds is 4. The van der Waals surface area contributed by atoms with E-state index in [0.717, 1.165) is 17.7 Å². The van der Waals surface area contributed by atoms with E-state index in [1.807, 2.05) is 6.07 Å². The van der Waals surface area contributed by atoms with Crippen molar-refractivity contribution < 1.29 is 18.0 Å². The number of benzene rings is 2. The number of hydrogen-bond acceptors (Lipinski definition) is 2. The number of nitrogens with zero attached hydrogens (tertiary/aromatic N) is 1. The Bertz CT molecular complexity index is 891. The Morgan fingerprint density at radius 2 is 1.69 bits per heavy atom. The predicted molar refractivity (Wildman–Crippen MR) is 92.3 cm³/mol. The lowest BCUT2D eigenvalue weighted by molar-refractivity contribution is -0.137. The van der Waals surface area contributed by atoms with E-state index in [9.17, 15) is 18.0 Å². The summed E-state index contributed by atoms with van der Waals surface area (Å²) in [6.07, 6.45) is -1.09. The van der Waals surface area contributed by atoms with Crippen molar-refractivity contribution in [2.45, 2.75) is 12.7 Å². The smallest absolute Gasteiger partial charge is 0.348 e. The minimum atomic E-state index is -4.39. The normalized spacial score (nSPS) is 11.2. The van der Waals surface area contributed by atoms with Crippen molar-refractivity contribution in [1.29, 1.82) is 0 Å². The summed E-state index contributed by atoms with van der Waals surface area (Å²) >= 11 is 0. The van der Waals surface area contributed by atoms with Crippen LogP contribution in [0.5, 0.6) is 0 Å². The fourth-order valence-corrected chi connectivity index (χ4v) is 2.55. The number of nitrogens with one attached hydrogen (secondary N) is 1. The Balaban J connectivity index is 1.82. The number of hydrogen-bond donors (Lipinski definition) is 1. The highest BCUT2D eigenvalue weighted by Crippen LogP contribution is 2.31. The van der Waals surface area contributed by atoms with Gasteiger partial charge in [0.15, 0.2) is 0 Å². The maximum absolute atomic E-state index is 12.7. The quantitative estimate of drug-likeness (QED) is 0.736. The fourth-order valence-electron chi connectivity index (χ4n) is 2.55.